The van der Waals surface area contributed by atoms with Crippen LogP contribution in [-0.4, -0.2) is 78.0 Å². The summed E-state index contributed by atoms with van der Waals surface area (Å²) in [7, 11) is 0. The van der Waals surface area contributed by atoms with Gasteiger partial charge in [0.1, 0.15) is 23.9 Å². The second kappa shape index (κ2) is 16.7. The van der Waals surface area contributed by atoms with Gasteiger partial charge in [-0.1, -0.05) is 32.0 Å². The van der Waals surface area contributed by atoms with Crippen LogP contribution >= 0.6 is 0 Å². The van der Waals surface area contributed by atoms with Crippen LogP contribution in [0.1, 0.15) is 53.0 Å². The summed E-state index contributed by atoms with van der Waals surface area (Å²) in [5, 5.41) is 0. The van der Waals surface area contributed by atoms with Gasteiger partial charge in [-0.2, -0.15) is 0 Å². The summed E-state index contributed by atoms with van der Waals surface area (Å²) in [6, 6.07) is 20.6. The molecule has 0 aliphatic carbocycles. The molecule has 10 heteroatoms. The van der Waals surface area contributed by atoms with Crippen LogP contribution in [0.25, 0.3) is 0 Å². The average molecular weight is 649 g/mol. The predicted molar refractivity (Wildman–Crippen MR) is 173 cm³/mol. The summed E-state index contributed by atoms with van der Waals surface area (Å²) in [6.07, 6.45) is 1.45. The molecule has 47 heavy (non-hydrogen) atoms. The maximum absolute atomic E-state index is 13.1. The van der Waals surface area contributed by atoms with Gasteiger partial charge in [0.2, 0.25) is 0 Å². The normalized spacial score (nSPS) is 16.0. The van der Waals surface area contributed by atoms with Crippen molar-refractivity contribution in [2.45, 2.75) is 33.3 Å². The van der Waals surface area contributed by atoms with Crippen molar-refractivity contribution in [1.29, 1.82) is 0 Å². The highest BCUT2D eigenvalue weighted by Gasteiger charge is 2.34. The highest BCUT2D eigenvalue weighted by Crippen LogP contribution is 2.27. The third-order valence-corrected chi connectivity index (χ3v) is 7.81. The van der Waals surface area contributed by atoms with Crippen molar-refractivity contribution in [1.82, 2.24) is 0 Å². The Morgan fingerprint density at radius 2 is 1.23 bits per heavy atom. The van der Waals surface area contributed by atoms with Crippen LogP contribution in [0.5, 0.6) is 17.2 Å². The van der Waals surface area contributed by atoms with Crippen molar-refractivity contribution in [3.8, 4) is 17.2 Å². The van der Waals surface area contributed by atoms with Crippen LogP contribution in [0, 0.1) is 10.8 Å². The van der Waals surface area contributed by atoms with Crippen LogP contribution < -0.4 is 14.2 Å². The molecule has 0 atom stereocenters. The number of hydrogen-bond donors (Lipinski definition) is 0. The molecular formula is C37H44O10. The highest BCUT2D eigenvalue weighted by molar-refractivity contribution is 5.93. The van der Waals surface area contributed by atoms with E-state index in [1.165, 1.54) is 0 Å². The molecule has 0 bridgehead atoms. The third-order valence-electron chi connectivity index (χ3n) is 7.81. The first-order valence-corrected chi connectivity index (χ1v) is 16.0. The summed E-state index contributed by atoms with van der Waals surface area (Å²) in [6.45, 7) is 10.5. The molecule has 252 valence electrons. The molecule has 2 aliphatic rings. The summed E-state index contributed by atoms with van der Waals surface area (Å²) in [4.78, 5) is 26.0. The maximum Gasteiger partial charge on any atom is 0.343 e. The van der Waals surface area contributed by atoms with E-state index in [2.05, 4.69) is 13.8 Å². The van der Waals surface area contributed by atoms with Crippen LogP contribution in [0.3, 0.4) is 0 Å². The second-order valence-electron chi connectivity index (χ2n) is 12.7. The molecule has 2 heterocycles. The monoisotopic (exact) mass is 648 g/mol. The van der Waals surface area contributed by atoms with Gasteiger partial charge in [-0.05, 0) is 54.6 Å². The van der Waals surface area contributed by atoms with Gasteiger partial charge in [-0.3, -0.25) is 0 Å². The molecule has 0 spiro atoms. The average Bonchev–Trinajstić information content (AvgIpc) is 3.05. The first-order valence-electron chi connectivity index (χ1n) is 16.0. The van der Waals surface area contributed by atoms with Crippen molar-refractivity contribution < 1.29 is 47.5 Å². The molecule has 5 rings (SSSR count). The van der Waals surface area contributed by atoms with E-state index >= 15 is 0 Å². The minimum absolute atomic E-state index is 0.104. The molecule has 3 aromatic carbocycles. The van der Waals surface area contributed by atoms with Crippen LogP contribution in [0.4, 0.5) is 0 Å². The van der Waals surface area contributed by atoms with Crippen molar-refractivity contribution in [2.24, 2.45) is 10.8 Å². The van der Waals surface area contributed by atoms with Crippen LogP contribution in [0.2, 0.25) is 0 Å². The third kappa shape index (κ3) is 10.5. The van der Waals surface area contributed by atoms with E-state index in [9.17, 15) is 9.59 Å². The van der Waals surface area contributed by atoms with Gasteiger partial charge >= 0.3 is 11.9 Å². The minimum atomic E-state index is -0.561. The number of hydrogen-bond acceptors (Lipinski definition) is 10. The van der Waals surface area contributed by atoms with Gasteiger partial charge < -0.3 is 37.9 Å². The largest absolute Gasteiger partial charge is 0.494 e. The SMILES string of the molecule is CC1(COCCCOc2ccc(C(=O)OCc3cc(OCCCOCC4(C)COC4)ccc3C(=O)Oc3ccccc3)cc2)COC1. The van der Waals surface area contributed by atoms with Crippen molar-refractivity contribution in [2.75, 3.05) is 66.1 Å². The molecule has 0 radical (unpaired) electrons. The Labute approximate surface area is 276 Å². The van der Waals surface area contributed by atoms with Gasteiger partial charge in [-0.15, -0.1) is 0 Å². The zero-order valence-corrected chi connectivity index (χ0v) is 27.2. The molecule has 0 saturated carbocycles. The standard InChI is InChI=1S/C37H44O10/c1-36(24-42-25-36)22-40-16-6-18-44-30-12-10-28(11-13-30)34(38)46-21-29-20-32(45-19-7-17-41-23-37(2)26-43-27-37)14-15-33(29)35(39)47-31-8-4-3-5-9-31/h3-5,8-15,20H,6-7,16-19,21-27H2,1-2H3. The fraction of sp³-hybridized carbons (Fsp3) is 0.459. The predicted octanol–water partition coefficient (Wildman–Crippen LogP) is 5.91. The Bertz CT molecular complexity index is 1430. The summed E-state index contributed by atoms with van der Waals surface area (Å²) < 4.78 is 44.9. The summed E-state index contributed by atoms with van der Waals surface area (Å²) in [5.74, 6) is 0.512. The molecular weight excluding hydrogens is 604 g/mol. The van der Waals surface area contributed by atoms with Gasteiger partial charge in [0, 0.05) is 42.4 Å². The molecule has 0 amide bonds. The maximum atomic E-state index is 13.1. The smallest absolute Gasteiger partial charge is 0.343 e. The van der Waals surface area contributed by atoms with Gasteiger partial charge in [-0.25, -0.2) is 9.59 Å². The zero-order chi connectivity index (χ0) is 33.0. The Morgan fingerprint density at radius 3 is 1.81 bits per heavy atom. The first kappa shape index (κ1) is 34.4. The van der Waals surface area contributed by atoms with E-state index in [1.807, 2.05) is 6.07 Å². The molecule has 2 saturated heterocycles. The van der Waals surface area contributed by atoms with E-state index in [0.29, 0.717) is 74.4 Å². The van der Waals surface area contributed by atoms with Gasteiger partial charge in [0.05, 0.1) is 64.0 Å². The van der Waals surface area contributed by atoms with Crippen molar-refractivity contribution in [3.63, 3.8) is 0 Å². The van der Waals surface area contributed by atoms with Gasteiger partial charge in [0.25, 0.3) is 0 Å². The number of rotatable bonds is 19. The number of carbonyl (C=O) groups is 2. The molecule has 2 aliphatic heterocycles. The molecule has 2 fully saturated rings. The van der Waals surface area contributed by atoms with E-state index in [-0.39, 0.29) is 23.0 Å². The van der Waals surface area contributed by atoms with Crippen LogP contribution in [-0.2, 0) is 30.3 Å². The molecule has 0 N–H and O–H groups in total. The Kier molecular flexibility index (Phi) is 12.2. The summed E-state index contributed by atoms with van der Waals surface area (Å²) in [5.41, 5.74) is 1.34. The second-order valence-corrected chi connectivity index (χ2v) is 12.7. The topological polar surface area (TPSA) is 108 Å². The van der Waals surface area contributed by atoms with Crippen molar-refractivity contribution >= 4 is 11.9 Å². The van der Waals surface area contributed by atoms with E-state index in [1.54, 1.807) is 66.7 Å². The first-order chi connectivity index (χ1) is 22.8. The number of esters is 2. The number of para-hydroxylation sites is 1. The van der Waals surface area contributed by atoms with E-state index in [4.69, 9.17) is 37.9 Å². The highest BCUT2D eigenvalue weighted by atomic mass is 16.5. The van der Waals surface area contributed by atoms with Crippen molar-refractivity contribution in [3.05, 3.63) is 89.5 Å². The summed E-state index contributed by atoms with van der Waals surface area (Å²) >= 11 is 0. The lowest BCUT2D eigenvalue weighted by Gasteiger charge is -2.37. The number of ether oxygens (including phenoxy) is 8. The fourth-order valence-corrected chi connectivity index (χ4v) is 4.95. The molecule has 3 aromatic rings. The quantitative estimate of drug-likeness (QED) is 0.0885. The minimum Gasteiger partial charge on any atom is -0.494 e. The number of benzene rings is 3. The van der Waals surface area contributed by atoms with Gasteiger partial charge in [0.15, 0.2) is 0 Å². The molecule has 0 aromatic heterocycles. The fourth-order valence-electron chi connectivity index (χ4n) is 4.95. The lowest BCUT2D eigenvalue weighted by Crippen LogP contribution is -2.43. The Morgan fingerprint density at radius 1 is 0.660 bits per heavy atom. The Hall–Kier alpha value is -3.96. The molecule has 10 nitrogen and oxygen atoms in total. The van der Waals surface area contributed by atoms with E-state index in [0.717, 1.165) is 32.8 Å². The molecule has 0 unspecified atom stereocenters. The zero-order valence-electron chi connectivity index (χ0n) is 27.2. The lowest BCUT2D eigenvalue weighted by atomic mass is 9.90. The van der Waals surface area contributed by atoms with E-state index < -0.39 is 11.9 Å². The lowest BCUT2D eigenvalue weighted by molar-refractivity contribution is -0.138. The van der Waals surface area contributed by atoms with Crippen LogP contribution in [0.15, 0.2) is 72.8 Å². The Balaban J connectivity index is 1.11. The number of carbonyl (C=O) groups excluding carboxylic acids is 2.